The van der Waals surface area contributed by atoms with E-state index in [4.69, 9.17) is 4.98 Å². The number of amidine groups is 1. The number of fused-ring (bicyclic) bond motifs is 2. The average Bonchev–Trinajstić information content (AvgIpc) is 3.08. The number of carbonyl (C=O) groups is 2. The van der Waals surface area contributed by atoms with Crippen molar-refractivity contribution in [1.29, 1.82) is 0 Å². The zero-order valence-corrected chi connectivity index (χ0v) is 16.6. The summed E-state index contributed by atoms with van der Waals surface area (Å²) in [5.41, 5.74) is 0.667. The van der Waals surface area contributed by atoms with Gasteiger partial charge in [-0.15, -0.1) is 0 Å². The van der Waals surface area contributed by atoms with Crippen molar-refractivity contribution in [2.75, 3.05) is 11.1 Å². The van der Waals surface area contributed by atoms with E-state index in [-0.39, 0.29) is 22.4 Å². The molecule has 0 spiro atoms. The second kappa shape index (κ2) is 7.08. The molecule has 2 aromatic rings. The number of thiophene rings is 1. The van der Waals surface area contributed by atoms with Crippen LogP contribution in [0.25, 0.3) is 10.2 Å². The molecular formula is C17H19N5O3S2. The highest BCUT2D eigenvalue weighted by Gasteiger charge is 2.22. The van der Waals surface area contributed by atoms with E-state index in [0.29, 0.717) is 33.2 Å². The van der Waals surface area contributed by atoms with E-state index >= 15 is 0 Å². The molecule has 1 atom stereocenters. The molecule has 0 bridgehead atoms. The highest BCUT2D eigenvalue weighted by molar-refractivity contribution is 8.15. The molecule has 10 heteroatoms. The number of carbonyl (C=O) groups excluding carboxylic acids is 2. The van der Waals surface area contributed by atoms with Gasteiger partial charge in [0.15, 0.2) is 5.17 Å². The molecular weight excluding hydrogens is 386 g/mol. The maximum Gasteiger partial charge on any atom is 0.348 e. The predicted molar refractivity (Wildman–Crippen MR) is 108 cm³/mol. The molecule has 0 radical (unpaired) electrons. The Bertz CT molecular complexity index is 1040. The Morgan fingerprint density at radius 2 is 2.19 bits per heavy atom. The Hall–Kier alpha value is -2.20. The molecule has 2 aromatic heterocycles. The highest BCUT2D eigenvalue weighted by Crippen LogP contribution is 2.33. The molecule has 0 saturated carbocycles. The number of anilines is 1. The second-order valence-electron chi connectivity index (χ2n) is 6.84. The third kappa shape index (κ3) is 3.51. The molecule has 8 nitrogen and oxygen atoms in total. The number of aromatic nitrogens is 2. The molecule has 2 aliphatic heterocycles. The summed E-state index contributed by atoms with van der Waals surface area (Å²) in [4.78, 5) is 45.6. The number of nitrogens with zero attached hydrogens (tertiary/aromatic N) is 3. The fourth-order valence-electron chi connectivity index (χ4n) is 3.27. The molecule has 2 aliphatic rings. The first-order valence-electron chi connectivity index (χ1n) is 8.77. The third-order valence-electron chi connectivity index (χ3n) is 4.85. The van der Waals surface area contributed by atoms with Crippen molar-refractivity contribution in [3.05, 3.63) is 21.7 Å². The summed E-state index contributed by atoms with van der Waals surface area (Å²) in [5, 5.41) is 6.65. The van der Waals surface area contributed by atoms with Crippen molar-refractivity contribution in [2.45, 2.75) is 39.7 Å². The van der Waals surface area contributed by atoms with Crippen LogP contribution in [-0.4, -0.2) is 32.4 Å². The summed E-state index contributed by atoms with van der Waals surface area (Å²) in [6, 6.07) is -0.579. The van der Waals surface area contributed by atoms with Crippen LogP contribution in [0.15, 0.2) is 9.79 Å². The van der Waals surface area contributed by atoms with Gasteiger partial charge in [0.1, 0.15) is 15.7 Å². The van der Waals surface area contributed by atoms with Gasteiger partial charge in [0.2, 0.25) is 5.91 Å². The van der Waals surface area contributed by atoms with E-state index in [1.54, 1.807) is 4.57 Å². The molecule has 0 unspecified atom stereocenters. The third-order valence-corrected chi connectivity index (χ3v) is 6.82. The Labute approximate surface area is 163 Å². The molecule has 1 saturated heterocycles. The molecule has 4 rings (SSSR count). The topological polar surface area (TPSA) is 105 Å². The number of urea groups is 1. The van der Waals surface area contributed by atoms with Crippen molar-refractivity contribution in [3.8, 4) is 0 Å². The maximum absolute atomic E-state index is 13.0. The van der Waals surface area contributed by atoms with E-state index in [9.17, 15) is 14.4 Å². The number of hydrogen-bond acceptors (Lipinski definition) is 6. The van der Waals surface area contributed by atoms with Crippen LogP contribution in [0.4, 0.5) is 9.80 Å². The molecule has 4 heterocycles. The fraction of sp³-hybridized carbons (Fsp3) is 0.471. The van der Waals surface area contributed by atoms with Gasteiger partial charge in [-0.1, -0.05) is 30.0 Å². The molecule has 0 aromatic carbocycles. The van der Waals surface area contributed by atoms with Crippen LogP contribution < -0.4 is 16.2 Å². The number of rotatable bonds is 1. The van der Waals surface area contributed by atoms with Gasteiger partial charge in [-0.2, -0.15) is 4.99 Å². The van der Waals surface area contributed by atoms with Crippen LogP contribution in [0.3, 0.4) is 0 Å². The van der Waals surface area contributed by atoms with Crippen molar-refractivity contribution < 1.29 is 9.59 Å². The summed E-state index contributed by atoms with van der Waals surface area (Å²) in [6.45, 7) is 4.69. The van der Waals surface area contributed by atoms with Gasteiger partial charge in [-0.25, -0.2) is 9.78 Å². The Kier molecular flexibility index (Phi) is 4.77. The van der Waals surface area contributed by atoms with E-state index in [2.05, 4.69) is 22.5 Å². The van der Waals surface area contributed by atoms with Crippen molar-refractivity contribution >= 4 is 55.4 Å². The minimum atomic E-state index is -0.579. The van der Waals surface area contributed by atoms with E-state index in [1.165, 1.54) is 23.1 Å². The lowest BCUT2D eigenvalue weighted by atomic mass is 10.0. The number of aliphatic imine (C=N–C) groups is 1. The zero-order chi connectivity index (χ0) is 19.1. The average molecular weight is 406 g/mol. The number of hydrogen-bond donors (Lipinski definition) is 2. The van der Waals surface area contributed by atoms with Crippen LogP contribution in [0.1, 0.15) is 31.2 Å². The lowest BCUT2D eigenvalue weighted by Crippen LogP contribution is -2.24. The van der Waals surface area contributed by atoms with Crippen LogP contribution in [0, 0.1) is 12.8 Å². The van der Waals surface area contributed by atoms with Gasteiger partial charge in [0.05, 0.1) is 11.1 Å². The number of aryl methyl sites for hydroxylation is 2. The zero-order valence-electron chi connectivity index (χ0n) is 15.0. The standard InChI is InChI=1S/C17H19N5O3S2/c1-8-3-4-10-18-14-12(15(24)22(10)6-5-8)9(2)13(27-14)20-16(25)21-17-19-11(23)7-26-17/h8H,3-7H2,1-2H3,(H2,19,20,21,23,25)/t8-/m1/s1. The molecule has 142 valence electrons. The summed E-state index contributed by atoms with van der Waals surface area (Å²) < 4.78 is 1.78. The Balaban J connectivity index is 1.67. The van der Waals surface area contributed by atoms with Gasteiger partial charge in [0, 0.05) is 13.0 Å². The van der Waals surface area contributed by atoms with Gasteiger partial charge < -0.3 is 5.32 Å². The number of amides is 3. The van der Waals surface area contributed by atoms with E-state index in [0.717, 1.165) is 25.1 Å². The maximum atomic E-state index is 13.0. The molecule has 3 amide bonds. The van der Waals surface area contributed by atoms with Crippen LogP contribution in [0.5, 0.6) is 0 Å². The molecule has 1 fully saturated rings. The van der Waals surface area contributed by atoms with Crippen molar-refractivity contribution in [1.82, 2.24) is 14.9 Å². The largest absolute Gasteiger partial charge is 0.348 e. The Morgan fingerprint density at radius 1 is 1.37 bits per heavy atom. The first-order valence-corrected chi connectivity index (χ1v) is 10.6. The first kappa shape index (κ1) is 18.2. The second-order valence-corrected chi connectivity index (χ2v) is 8.80. The van der Waals surface area contributed by atoms with Gasteiger partial charge in [0.25, 0.3) is 5.56 Å². The van der Waals surface area contributed by atoms with Crippen molar-refractivity contribution in [2.24, 2.45) is 10.9 Å². The summed E-state index contributed by atoms with van der Waals surface area (Å²) in [5.74, 6) is 1.49. The number of thioether (sulfide) groups is 1. The van der Waals surface area contributed by atoms with Crippen molar-refractivity contribution in [3.63, 3.8) is 0 Å². The van der Waals surface area contributed by atoms with Gasteiger partial charge in [-0.3, -0.25) is 19.5 Å². The molecule has 2 N–H and O–H groups in total. The van der Waals surface area contributed by atoms with E-state index in [1.807, 2.05) is 6.92 Å². The number of nitrogens with one attached hydrogen (secondary N) is 2. The van der Waals surface area contributed by atoms with Crippen LogP contribution >= 0.6 is 23.1 Å². The fourth-order valence-corrected chi connectivity index (χ4v) is 5.03. The normalized spacial score (nSPS) is 21.2. The quantitative estimate of drug-likeness (QED) is 0.758. The van der Waals surface area contributed by atoms with Crippen LogP contribution in [0.2, 0.25) is 0 Å². The summed E-state index contributed by atoms with van der Waals surface area (Å²) in [6.07, 6.45) is 2.77. The van der Waals surface area contributed by atoms with Crippen LogP contribution in [-0.2, 0) is 17.8 Å². The predicted octanol–water partition coefficient (Wildman–Crippen LogP) is 2.49. The van der Waals surface area contributed by atoms with Gasteiger partial charge in [-0.05, 0) is 31.2 Å². The Morgan fingerprint density at radius 3 is 2.93 bits per heavy atom. The first-order chi connectivity index (χ1) is 12.9. The van der Waals surface area contributed by atoms with Gasteiger partial charge >= 0.3 is 6.03 Å². The molecule has 0 aliphatic carbocycles. The lowest BCUT2D eigenvalue weighted by Gasteiger charge is -2.08. The lowest BCUT2D eigenvalue weighted by molar-refractivity contribution is -0.116. The SMILES string of the molecule is Cc1c(NC(=O)N=C2NC(=O)CS2)sc2nc3n(c(=O)c12)CC[C@H](C)CC3. The summed E-state index contributed by atoms with van der Waals surface area (Å²) >= 11 is 2.47. The smallest absolute Gasteiger partial charge is 0.304 e. The monoisotopic (exact) mass is 405 g/mol. The molecule has 27 heavy (non-hydrogen) atoms. The summed E-state index contributed by atoms with van der Waals surface area (Å²) in [7, 11) is 0. The minimum Gasteiger partial charge on any atom is -0.304 e. The minimum absolute atomic E-state index is 0.0386. The highest BCUT2D eigenvalue weighted by atomic mass is 32.2. The van der Waals surface area contributed by atoms with E-state index < -0.39 is 6.03 Å².